The summed E-state index contributed by atoms with van der Waals surface area (Å²) >= 11 is 0. The van der Waals surface area contributed by atoms with Crippen molar-refractivity contribution in [3.8, 4) is 0 Å². The average Bonchev–Trinajstić information content (AvgIpc) is 3.24. The predicted octanol–water partition coefficient (Wildman–Crippen LogP) is 2.59. The second kappa shape index (κ2) is 7.68. The zero-order chi connectivity index (χ0) is 17.8. The SMILES string of the molecule is CCOC(=O)c1cccc(NC(=O)[C@H]2CC(=O)N(C3CCCC3)C2)c1. The molecular weight excluding hydrogens is 320 g/mol. The van der Waals surface area contributed by atoms with E-state index in [9.17, 15) is 14.4 Å². The molecular formula is C19H24N2O4. The van der Waals surface area contributed by atoms with Crippen molar-refractivity contribution in [1.82, 2.24) is 4.90 Å². The third-order valence-corrected chi connectivity index (χ3v) is 4.94. The third kappa shape index (κ3) is 4.00. The van der Waals surface area contributed by atoms with Crippen molar-refractivity contribution >= 4 is 23.5 Å². The largest absolute Gasteiger partial charge is 0.462 e. The van der Waals surface area contributed by atoms with E-state index >= 15 is 0 Å². The number of amides is 2. The van der Waals surface area contributed by atoms with Crippen LogP contribution in [-0.2, 0) is 14.3 Å². The first kappa shape index (κ1) is 17.5. The maximum atomic E-state index is 12.5. The quantitative estimate of drug-likeness (QED) is 0.833. The molecule has 1 atom stereocenters. The second-order valence-electron chi connectivity index (χ2n) is 6.68. The number of esters is 1. The lowest BCUT2D eigenvalue weighted by Crippen LogP contribution is -2.35. The summed E-state index contributed by atoms with van der Waals surface area (Å²) in [5.74, 6) is -0.844. The van der Waals surface area contributed by atoms with E-state index in [1.165, 1.54) is 0 Å². The van der Waals surface area contributed by atoms with Crippen LogP contribution in [0.5, 0.6) is 0 Å². The van der Waals surface area contributed by atoms with Gasteiger partial charge in [0.05, 0.1) is 18.1 Å². The molecule has 1 saturated heterocycles. The number of nitrogens with zero attached hydrogens (tertiary/aromatic N) is 1. The Morgan fingerprint density at radius 2 is 2.04 bits per heavy atom. The first-order chi connectivity index (χ1) is 12.1. The molecule has 2 amide bonds. The average molecular weight is 344 g/mol. The molecule has 1 aliphatic carbocycles. The highest BCUT2D eigenvalue weighted by Gasteiger charge is 2.38. The number of carbonyl (C=O) groups is 3. The number of nitrogens with one attached hydrogen (secondary N) is 1. The zero-order valence-corrected chi connectivity index (χ0v) is 14.5. The molecule has 6 nitrogen and oxygen atoms in total. The molecule has 134 valence electrons. The summed E-state index contributed by atoms with van der Waals surface area (Å²) in [5, 5.41) is 2.83. The van der Waals surface area contributed by atoms with Gasteiger partial charge < -0.3 is 15.0 Å². The maximum Gasteiger partial charge on any atom is 0.338 e. The number of hydrogen-bond donors (Lipinski definition) is 1. The number of anilines is 1. The lowest BCUT2D eigenvalue weighted by Gasteiger charge is -2.23. The van der Waals surface area contributed by atoms with Crippen LogP contribution in [0, 0.1) is 5.92 Å². The molecule has 3 rings (SSSR count). The monoisotopic (exact) mass is 344 g/mol. The maximum absolute atomic E-state index is 12.5. The molecule has 1 aliphatic heterocycles. The number of rotatable bonds is 5. The minimum Gasteiger partial charge on any atom is -0.462 e. The van der Waals surface area contributed by atoms with Gasteiger partial charge in [-0.2, -0.15) is 0 Å². The Hall–Kier alpha value is -2.37. The van der Waals surface area contributed by atoms with E-state index in [2.05, 4.69) is 5.32 Å². The van der Waals surface area contributed by atoms with Gasteiger partial charge in [0.25, 0.3) is 0 Å². The van der Waals surface area contributed by atoms with Crippen LogP contribution in [0.1, 0.15) is 49.4 Å². The Morgan fingerprint density at radius 3 is 2.76 bits per heavy atom. The van der Waals surface area contributed by atoms with Crippen LogP contribution in [0.3, 0.4) is 0 Å². The Morgan fingerprint density at radius 1 is 1.28 bits per heavy atom. The summed E-state index contributed by atoms with van der Waals surface area (Å²) in [6.07, 6.45) is 4.67. The molecule has 1 aromatic carbocycles. The normalized spacial score (nSPS) is 20.8. The van der Waals surface area contributed by atoms with Crippen molar-refractivity contribution in [2.24, 2.45) is 5.92 Å². The van der Waals surface area contributed by atoms with E-state index in [4.69, 9.17) is 4.74 Å². The Kier molecular flexibility index (Phi) is 5.36. The van der Waals surface area contributed by atoms with Crippen LogP contribution in [0.15, 0.2) is 24.3 Å². The summed E-state index contributed by atoms with van der Waals surface area (Å²) in [5.41, 5.74) is 0.942. The first-order valence-electron chi connectivity index (χ1n) is 8.96. The molecule has 2 fully saturated rings. The molecule has 1 heterocycles. The van der Waals surface area contributed by atoms with Gasteiger partial charge in [-0.3, -0.25) is 9.59 Å². The highest BCUT2D eigenvalue weighted by Crippen LogP contribution is 2.30. The number of carbonyl (C=O) groups excluding carboxylic acids is 3. The van der Waals surface area contributed by atoms with Gasteiger partial charge in [0.2, 0.25) is 11.8 Å². The van der Waals surface area contributed by atoms with Crippen molar-refractivity contribution in [3.63, 3.8) is 0 Å². The van der Waals surface area contributed by atoms with E-state index in [0.29, 0.717) is 30.4 Å². The van der Waals surface area contributed by atoms with Crippen LogP contribution in [0.2, 0.25) is 0 Å². The van der Waals surface area contributed by atoms with Crippen molar-refractivity contribution in [2.75, 3.05) is 18.5 Å². The van der Waals surface area contributed by atoms with Crippen LogP contribution >= 0.6 is 0 Å². The van der Waals surface area contributed by atoms with Crippen LogP contribution in [0.4, 0.5) is 5.69 Å². The van der Waals surface area contributed by atoms with E-state index in [1.54, 1.807) is 31.2 Å². The van der Waals surface area contributed by atoms with Gasteiger partial charge in [-0.05, 0) is 38.0 Å². The van der Waals surface area contributed by atoms with Gasteiger partial charge in [0, 0.05) is 24.7 Å². The van der Waals surface area contributed by atoms with E-state index in [0.717, 1.165) is 25.7 Å². The van der Waals surface area contributed by atoms with Gasteiger partial charge in [-0.1, -0.05) is 18.9 Å². The Labute approximate surface area is 147 Å². The van der Waals surface area contributed by atoms with Crippen molar-refractivity contribution in [3.05, 3.63) is 29.8 Å². The first-order valence-corrected chi connectivity index (χ1v) is 8.96. The zero-order valence-electron chi connectivity index (χ0n) is 14.5. The summed E-state index contributed by atoms with van der Waals surface area (Å²) in [7, 11) is 0. The van der Waals surface area contributed by atoms with Crippen molar-refractivity contribution in [2.45, 2.75) is 45.1 Å². The molecule has 25 heavy (non-hydrogen) atoms. The van der Waals surface area contributed by atoms with Gasteiger partial charge in [-0.25, -0.2) is 4.79 Å². The fourth-order valence-electron chi connectivity index (χ4n) is 3.66. The van der Waals surface area contributed by atoms with Gasteiger partial charge in [0.15, 0.2) is 0 Å². The standard InChI is InChI=1S/C19H24N2O4/c1-2-25-19(24)13-6-5-7-15(10-13)20-18(23)14-11-17(22)21(12-14)16-8-3-4-9-16/h5-7,10,14,16H,2-4,8-9,11-12H2,1H3,(H,20,23)/t14-/m0/s1. The number of hydrogen-bond acceptors (Lipinski definition) is 4. The topological polar surface area (TPSA) is 75.7 Å². The van der Waals surface area contributed by atoms with Gasteiger partial charge in [0.1, 0.15) is 0 Å². The number of benzene rings is 1. The van der Waals surface area contributed by atoms with E-state index < -0.39 is 5.97 Å². The highest BCUT2D eigenvalue weighted by atomic mass is 16.5. The third-order valence-electron chi connectivity index (χ3n) is 4.94. The van der Waals surface area contributed by atoms with Crippen LogP contribution in [0.25, 0.3) is 0 Å². The fourth-order valence-corrected chi connectivity index (χ4v) is 3.66. The molecule has 0 radical (unpaired) electrons. The lowest BCUT2D eigenvalue weighted by atomic mass is 10.1. The van der Waals surface area contributed by atoms with Gasteiger partial charge >= 0.3 is 5.97 Å². The summed E-state index contributed by atoms with van der Waals surface area (Å²) in [6.45, 7) is 2.54. The summed E-state index contributed by atoms with van der Waals surface area (Å²) < 4.78 is 4.97. The Bertz CT molecular complexity index is 667. The predicted molar refractivity (Wildman–Crippen MR) is 93.1 cm³/mol. The molecule has 0 unspecified atom stereocenters. The van der Waals surface area contributed by atoms with Crippen molar-refractivity contribution in [1.29, 1.82) is 0 Å². The minimum absolute atomic E-state index is 0.0762. The molecule has 1 saturated carbocycles. The lowest BCUT2D eigenvalue weighted by molar-refractivity contribution is -0.129. The van der Waals surface area contributed by atoms with E-state index in [-0.39, 0.29) is 24.2 Å². The summed E-state index contributed by atoms with van der Waals surface area (Å²) in [4.78, 5) is 38.4. The van der Waals surface area contributed by atoms with Crippen LogP contribution in [-0.4, -0.2) is 41.9 Å². The highest BCUT2D eigenvalue weighted by molar-refractivity contribution is 5.98. The van der Waals surface area contributed by atoms with Crippen molar-refractivity contribution < 1.29 is 19.1 Å². The fraction of sp³-hybridized carbons (Fsp3) is 0.526. The molecule has 0 bridgehead atoms. The molecule has 0 aromatic heterocycles. The number of ether oxygens (including phenoxy) is 1. The smallest absolute Gasteiger partial charge is 0.338 e. The Balaban J connectivity index is 1.62. The molecule has 1 aromatic rings. The van der Waals surface area contributed by atoms with Crippen LogP contribution < -0.4 is 5.32 Å². The summed E-state index contributed by atoms with van der Waals surface area (Å²) in [6, 6.07) is 6.98. The van der Waals surface area contributed by atoms with Gasteiger partial charge in [-0.15, -0.1) is 0 Å². The molecule has 2 aliphatic rings. The number of likely N-dealkylation sites (tertiary alicyclic amines) is 1. The minimum atomic E-state index is -0.415. The van der Waals surface area contributed by atoms with E-state index in [1.807, 2.05) is 4.90 Å². The molecule has 6 heteroatoms. The molecule has 1 N–H and O–H groups in total. The molecule has 0 spiro atoms. The second-order valence-corrected chi connectivity index (χ2v) is 6.68.